The summed E-state index contributed by atoms with van der Waals surface area (Å²) in [4.78, 5) is 2.35. The van der Waals surface area contributed by atoms with Crippen molar-refractivity contribution in [3.05, 3.63) is 40.5 Å². The van der Waals surface area contributed by atoms with Crippen LogP contribution in [-0.2, 0) is 4.74 Å². The summed E-state index contributed by atoms with van der Waals surface area (Å²) in [7, 11) is 0. The van der Waals surface area contributed by atoms with Crippen LogP contribution >= 0.6 is 11.6 Å². The maximum absolute atomic E-state index is 5.85. The van der Waals surface area contributed by atoms with Crippen LogP contribution in [0.5, 0.6) is 0 Å². The molecule has 0 saturated carbocycles. The van der Waals surface area contributed by atoms with Gasteiger partial charge in [-0.2, -0.15) is 0 Å². The summed E-state index contributed by atoms with van der Waals surface area (Å²) in [6.07, 6.45) is 2.18. The first-order chi connectivity index (χ1) is 7.75. The first-order valence-electron chi connectivity index (χ1n) is 5.52. The van der Waals surface area contributed by atoms with Crippen molar-refractivity contribution in [1.29, 1.82) is 0 Å². The Balaban J connectivity index is 2.07. The molecule has 2 nitrogen and oxygen atoms in total. The highest BCUT2D eigenvalue weighted by molar-refractivity contribution is 6.30. The number of morpholine rings is 1. The number of hydrogen-bond acceptors (Lipinski definition) is 2. The van der Waals surface area contributed by atoms with E-state index < -0.39 is 0 Å². The second-order valence-corrected chi connectivity index (χ2v) is 4.37. The quantitative estimate of drug-likeness (QED) is 0.784. The minimum atomic E-state index is 0.779. The smallest absolute Gasteiger partial charge is 0.0642 e. The van der Waals surface area contributed by atoms with Gasteiger partial charge in [-0.05, 0) is 30.7 Å². The second kappa shape index (κ2) is 5.37. The predicted molar refractivity (Wildman–Crippen MR) is 67.5 cm³/mol. The molecule has 0 aromatic heterocycles. The van der Waals surface area contributed by atoms with Gasteiger partial charge in [0, 0.05) is 23.8 Å². The SMILES string of the molecule is C/C(=C/c1ccc(Cl)cc1)N1CCOCC1. The highest BCUT2D eigenvalue weighted by Gasteiger charge is 2.09. The summed E-state index contributed by atoms with van der Waals surface area (Å²) < 4.78 is 5.33. The molecule has 3 heteroatoms. The molecule has 1 saturated heterocycles. The Labute approximate surface area is 101 Å². The molecule has 1 heterocycles. The number of hydrogen-bond donors (Lipinski definition) is 0. The molecule has 16 heavy (non-hydrogen) atoms. The first-order valence-corrected chi connectivity index (χ1v) is 5.90. The molecule has 0 aliphatic carbocycles. The Hall–Kier alpha value is -0.990. The van der Waals surface area contributed by atoms with E-state index in [0.717, 1.165) is 31.3 Å². The van der Waals surface area contributed by atoms with E-state index in [-0.39, 0.29) is 0 Å². The molecule has 0 spiro atoms. The van der Waals surface area contributed by atoms with E-state index in [9.17, 15) is 0 Å². The molecule has 0 N–H and O–H groups in total. The Morgan fingerprint density at radius 3 is 2.50 bits per heavy atom. The summed E-state index contributed by atoms with van der Waals surface area (Å²) in [5, 5.41) is 0.779. The summed E-state index contributed by atoms with van der Waals surface area (Å²) in [5.74, 6) is 0. The summed E-state index contributed by atoms with van der Waals surface area (Å²) in [6.45, 7) is 5.75. The molecule has 86 valence electrons. The molecule has 1 aliphatic rings. The third-order valence-electron chi connectivity index (χ3n) is 2.76. The zero-order chi connectivity index (χ0) is 11.4. The van der Waals surface area contributed by atoms with E-state index >= 15 is 0 Å². The van der Waals surface area contributed by atoms with Crippen LogP contribution in [0.15, 0.2) is 30.0 Å². The Morgan fingerprint density at radius 2 is 1.88 bits per heavy atom. The monoisotopic (exact) mass is 237 g/mol. The molecular formula is C13H16ClNO. The fraction of sp³-hybridized carbons (Fsp3) is 0.385. The van der Waals surface area contributed by atoms with Crippen molar-refractivity contribution in [3.8, 4) is 0 Å². The minimum Gasteiger partial charge on any atom is -0.378 e. The molecule has 1 fully saturated rings. The van der Waals surface area contributed by atoms with Crippen LogP contribution in [-0.4, -0.2) is 31.2 Å². The van der Waals surface area contributed by atoms with Gasteiger partial charge in [0.25, 0.3) is 0 Å². The van der Waals surface area contributed by atoms with Gasteiger partial charge in [-0.15, -0.1) is 0 Å². The fourth-order valence-electron chi connectivity index (χ4n) is 1.81. The van der Waals surface area contributed by atoms with Gasteiger partial charge in [0.05, 0.1) is 13.2 Å². The average Bonchev–Trinajstić information content (AvgIpc) is 2.33. The van der Waals surface area contributed by atoms with E-state index in [1.807, 2.05) is 24.3 Å². The normalized spacial score (nSPS) is 17.6. The zero-order valence-electron chi connectivity index (χ0n) is 9.45. The molecule has 0 unspecified atom stereocenters. The molecule has 1 aliphatic heterocycles. The number of nitrogens with zero attached hydrogens (tertiary/aromatic N) is 1. The molecule has 0 radical (unpaired) electrons. The van der Waals surface area contributed by atoms with Crippen molar-refractivity contribution in [2.24, 2.45) is 0 Å². The molecule has 1 aromatic carbocycles. The fourth-order valence-corrected chi connectivity index (χ4v) is 1.93. The maximum Gasteiger partial charge on any atom is 0.0642 e. The van der Waals surface area contributed by atoms with Gasteiger partial charge in [-0.25, -0.2) is 0 Å². The Bertz CT molecular complexity index is 366. The van der Waals surface area contributed by atoms with Crippen molar-refractivity contribution >= 4 is 17.7 Å². The van der Waals surface area contributed by atoms with Crippen LogP contribution in [0.4, 0.5) is 0 Å². The van der Waals surface area contributed by atoms with Crippen molar-refractivity contribution in [3.63, 3.8) is 0 Å². The van der Waals surface area contributed by atoms with E-state index in [1.165, 1.54) is 11.3 Å². The van der Waals surface area contributed by atoms with Gasteiger partial charge in [-0.1, -0.05) is 23.7 Å². The summed E-state index contributed by atoms with van der Waals surface area (Å²) >= 11 is 5.85. The van der Waals surface area contributed by atoms with Gasteiger partial charge >= 0.3 is 0 Å². The topological polar surface area (TPSA) is 12.5 Å². The van der Waals surface area contributed by atoms with Crippen LogP contribution in [0.25, 0.3) is 6.08 Å². The standard InChI is InChI=1S/C13H16ClNO/c1-11(15-6-8-16-9-7-15)10-12-2-4-13(14)5-3-12/h2-5,10H,6-9H2,1H3/b11-10-. The summed E-state index contributed by atoms with van der Waals surface area (Å²) in [6, 6.07) is 7.90. The average molecular weight is 238 g/mol. The molecule has 1 aromatic rings. The lowest BCUT2D eigenvalue weighted by Crippen LogP contribution is -2.34. The number of allylic oxidation sites excluding steroid dienone is 1. The number of ether oxygens (including phenoxy) is 1. The highest BCUT2D eigenvalue weighted by Crippen LogP contribution is 2.15. The highest BCUT2D eigenvalue weighted by atomic mass is 35.5. The summed E-state index contributed by atoms with van der Waals surface area (Å²) in [5.41, 5.74) is 2.47. The zero-order valence-corrected chi connectivity index (χ0v) is 10.2. The number of rotatable bonds is 2. The van der Waals surface area contributed by atoms with Crippen LogP contribution in [0.1, 0.15) is 12.5 Å². The van der Waals surface area contributed by atoms with Crippen molar-refractivity contribution in [2.75, 3.05) is 26.3 Å². The van der Waals surface area contributed by atoms with Crippen molar-refractivity contribution in [1.82, 2.24) is 4.90 Å². The molecular weight excluding hydrogens is 222 g/mol. The van der Waals surface area contributed by atoms with E-state index in [2.05, 4.69) is 17.9 Å². The number of benzene rings is 1. The van der Waals surface area contributed by atoms with Crippen molar-refractivity contribution < 1.29 is 4.74 Å². The van der Waals surface area contributed by atoms with Gasteiger partial charge in [0.15, 0.2) is 0 Å². The van der Waals surface area contributed by atoms with Crippen molar-refractivity contribution in [2.45, 2.75) is 6.92 Å². The molecule has 0 bridgehead atoms. The lowest BCUT2D eigenvalue weighted by atomic mass is 10.2. The van der Waals surface area contributed by atoms with Crippen LogP contribution in [0.2, 0.25) is 5.02 Å². The molecule has 2 rings (SSSR count). The Morgan fingerprint density at radius 1 is 1.25 bits per heavy atom. The Kier molecular flexibility index (Phi) is 3.86. The molecule has 0 amide bonds. The second-order valence-electron chi connectivity index (χ2n) is 3.94. The van der Waals surface area contributed by atoms with E-state index in [4.69, 9.17) is 16.3 Å². The largest absolute Gasteiger partial charge is 0.378 e. The predicted octanol–water partition coefficient (Wildman–Crippen LogP) is 3.03. The third kappa shape index (κ3) is 3.00. The van der Waals surface area contributed by atoms with Gasteiger partial charge in [0.1, 0.15) is 0 Å². The maximum atomic E-state index is 5.85. The van der Waals surface area contributed by atoms with E-state index in [1.54, 1.807) is 0 Å². The number of halogens is 1. The van der Waals surface area contributed by atoms with Gasteiger partial charge in [-0.3, -0.25) is 0 Å². The van der Waals surface area contributed by atoms with Gasteiger partial charge in [0.2, 0.25) is 0 Å². The van der Waals surface area contributed by atoms with Crippen LogP contribution < -0.4 is 0 Å². The van der Waals surface area contributed by atoms with Gasteiger partial charge < -0.3 is 9.64 Å². The lowest BCUT2D eigenvalue weighted by molar-refractivity contribution is 0.0542. The van der Waals surface area contributed by atoms with E-state index in [0.29, 0.717) is 0 Å². The minimum absolute atomic E-state index is 0.779. The lowest BCUT2D eigenvalue weighted by Gasteiger charge is -2.29. The van der Waals surface area contributed by atoms with Crippen LogP contribution in [0, 0.1) is 0 Å². The molecule has 0 atom stereocenters. The third-order valence-corrected chi connectivity index (χ3v) is 3.01. The first kappa shape index (κ1) is 11.5. The van der Waals surface area contributed by atoms with Crippen LogP contribution in [0.3, 0.4) is 0 Å².